The lowest BCUT2D eigenvalue weighted by molar-refractivity contribution is -0.149. The smallest absolute Gasteiger partial charge is 0.250 e. The molecule has 3 heterocycles. The highest BCUT2D eigenvalue weighted by atomic mass is 35.5. The first-order valence-electron chi connectivity index (χ1n) is 12.1. The van der Waals surface area contributed by atoms with Crippen LogP contribution < -0.4 is 10.6 Å². The molecule has 4 rings (SSSR count). The fourth-order valence-electron chi connectivity index (χ4n) is 6.31. The molecule has 3 amide bonds. The average molecular weight is 492 g/mol. The van der Waals surface area contributed by atoms with Crippen LogP contribution in [0.2, 0.25) is 5.02 Å². The first-order chi connectivity index (χ1) is 16.2. The second-order valence-corrected chi connectivity index (χ2v) is 10.4. The number of aliphatic hydroxyl groups is 1. The van der Waals surface area contributed by atoms with E-state index in [1.165, 1.54) is 4.90 Å². The molecule has 3 aliphatic rings. The van der Waals surface area contributed by atoms with Crippen molar-refractivity contribution >= 4 is 35.0 Å². The summed E-state index contributed by atoms with van der Waals surface area (Å²) in [5.74, 6) is -2.52. The fraction of sp³-hybridized carbons (Fsp3) is 0.640. The van der Waals surface area contributed by atoms with Crippen molar-refractivity contribution in [1.82, 2.24) is 10.2 Å². The number of nitrogens with one attached hydrogen (secondary N) is 2. The maximum atomic E-state index is 14.0. The topological polar surface area (TPSA) is 108 Å². The summed E-state index contributed by atoms with van der Waals surface area (Å²) in [6.45, 7) is 7.92. The van der Waals surface area contributed by atoms with Crippen molar-refractivity contribution < 1.29 is 24.2 Å². The first-order valence-corrected chi connectivity index (χ1v) is 12.5. The average Bonchev–Trinajstić information content (AvgIpc) is 3.32. The molecule has 3 unspecified atom stereocenters. The Morgan fingerprint density at radius 2 is 2.00 bits per heavy atom. The normalized spacial score (nSPS) is 34.8. The van der Waals surface area contributed by atoms with Gasteiger partial charge in [-0.1, -0.05) is 44.5 Å². The Balaban J connectivity index is 1.79. The molecule has 3 aliphatic heterocycles. The van der Waals surface area contributed by atoms with E-state index in [1.807, 2.05) is 27.7 Å². The third-order valence-corrected chi connectivity index (χ3v) is 8.37. The van der Waals surface area contributed by atoms with Crippen molar-refractivity contribution in [2.24, 2.45) is 17.8 Å². The minimum Gasteiger partial charge on any atom is -0.394 e. The largest absolute Gasteiger partial charge is 0.394 e. The van der Waals surface area contributed by atoms with Gasteiger partial charge in [-0.25, -0.2) is 0 Å². The molecular weight excluding hydrogens is 458 g/mol. The van der Waals surface area contributed by atoms with Gasteiger partial charge in [0.05, 0.1) is 40.8 Å². The number of amides is 3. The molecule has 1 spiro atoms. The van der Waals surface area contributed by atoms with Crippen LogP contribution in [0.3, 0.4) is 0 Å². The van der Waals surface area contributed by atoms with Gasteiger partial charge in [0.2, 0.25) is 17.7 Å². The van der Waals surface area contributed by atoms with Gasteiger partial charge in [-0.3, -0.25) is 14.4 Å². The van der Waals surface area contributed by atoms with Crippen molar-refractivity contribution in [2.45, 2.75) is 70.2 Å². The van der Waals surface area contributed by atoms with Gasteiger partial charge in [0.1, 0.15) is 11.6 Å². The monoisotopic (exact) mass is 491 g/mol. The van der Waals surface area contributed by atoms with Gasteiger partial charge in [-0.05, 0) is 44.2 Å². The molecule has 3 N–H and O–H groups in total. The van der Waals surface area contributed by atoms with E-state index in [-0.39, 0.29) is 24.3 Å². The zero-order valence-corrected chi connectivity index (χ0v) is 20.9. The third-order valence-electron chi connectivity index (χ3n) is 8.04. The Labute approximate surface area is 205 Å². The Morgan fingerprint density at radius 3 is 2.62 bits per heavy atom. The summed E-state index contributed by atoms with van der Waals surface area (Å²) in [4.78, 5) is 42.6. The van der Waals surface area contributed by atoms with E-state index in [1.54, 1.807) is 24.3 Å². The predicted molar refractivity (Wildman–Crippen MR) is 128 cm³/mol. The fourth-order valence-corrected chi connectivity index (χ4v) is 6.49. The molecule has 9 heteroatoms. The highest BCUT2D eigenvalue weighted by molar-refractivity contribution is 6.33. The second kappa shape index (κ2) is 9.13. The van der Waals surface area contributed by atoms with Crippen LogP contribution in [0.15, 0.2) is 24.3 Å². The number of carbonyl (C=O) groups is 3. The summed E-state index contributed by atoms with van der Waals surface area (Å²) in [7, 11) is 0. The number of para-hydroxylation sites is 1. The maximum Gasteiger partial charge on any atom is 0.250 e. The molecule has 0 aliphatic carbocycles. The number of ether oxygens (including phenoxy) is 1. The van der Waals surface area contributed by atoms with Crippen LogP contribution in [0.1, 0.15) is 47.0 Å². The van der Waals surface area contributed by atoms with Gasteiger partial charge in [0.25, 0.3) is 0 Å². The molecule has 3 fully saturated rings. The number of nitrogens with zero attached hydrogens (tertiary/aromatic N) is 1. The summed E-state index contributed by atoms with van der Waals surface area (Å²) in [5, 5.41) is 16.3. The Morgan fingerprint density at radius 1 is 1.29 bits per heavy atom. The van der Waals surface area contributed by atoms with E-state index in [4.69, 9.17) is 16.3 Å². The summed E-state index contributed by atoms with van der Waals surface area (Å²) in [5.41, 5.74) is -1.59. The minimum atomic E-state index is -1.16. The number of fused-ring (bicyclic) bond motifs is 1. The van der Waals surface area contributed by atoms with Crippen LogP contribution >= 0.6 is 11.6 Å². The number of hydrogen-bond donors (Lipinski definition) is 3. The highest BCUT2D eigenvalue weighted by Gasteiger charge is 2.80. The number of rotatable bonds is 8. The molecule has 2 bridgehead atoms. The number of anilines is 1. The van der Waals surface area contributed by atoms with Crippen molar-refractivity contribution in [1.29, 1.82) is 0 Å². The number of aliphatic hydroxyl groups excluding tert-OH is 1. The lowest BCUT2D eigenvalue weighted by Crippen LogP contribution is -2.56. The number of likely N-dealkylation sites (tertiary alicyclic amines) is 1. The van der Waals surface area contributed by atoms with Crippen LogP contribution in [0.5, 0.6) is 0 Å². The Hall–Kier alpha value is -2.16. The highest BCUT2D eigenvalue weighted by Crippen LogP contribution is 2.65. The molecule has 0 radical (unpaired) electrons. The van der Waals surface area contributed by atoms with Crippen molar-refractivity contribution in [3.8, 4) is 0 Å². The van der Waals surface area contributed by atoms with E-state index >= 15 is 0 Å². The summed E-state index contributed by atoms with van der Waals surface area (Å²) in [6, 6.07) is 5.33. The summed E-state index contributed by atoms with van der Waals surface area (Å²) in [6.07, 6.45) is 1.70. The van der Waals surface area contributed by atoms with Gasteiger partial charge in [0.15, 0.2) is 0 Å². The molecule has 1 aromatic rings. The Kier molecular flexibility index (Phi) is 6.70. The van der Waals surface area contributed by atoms with Gasteiger partial charge in [0, 0.05) is 6.54 Å². The standard InChI is InChI=1S/C25H34ClN3O5/c1-5-11-27-21(31)18-19-23(33)29(15(6-2)13-30)20(25(19)12-14(3)24(18,4)34-25)22(32)28-17-10-8-7-9-16(17)26/h7-10,14-15,18-20,30H,5-6,11-13H2,1-4H3,(H,27,31)(H,28,32)/t14?,15-,18+,19-,20?,24-,25?/m0/s1. The van der Waals surface area contributed by atoms with Gasteiger partial charge >= 0.3 is 0 Å². The SMILES string of the molecule is CCCNC(=O)[C@H]1[C@H]2C(=O)N([C@@H](CC)CO)C(C(=O)Nc3ccccc3Cl)C23CC(C)[C@]1(C)O3. The molecule has 8 nitrogen and oxygen atoms in total. The van der Waals surface area contributed by atoms with Crippen molar-refractivity contribution in [3.63, 3.8) is 0 Å². The predicted octanol–water partition coefficient (Wildman–Crippen LogP) is 2.59. The quantitative estimate of drug-likeness (QED) is 0.518. The summed E-state index contributed by atoms with van der Waals surface area (Å²) < 4.78 is 6.64. The molecule has 3 saturated heterocycles. The van der Waals surface area contributed by atoms with Crippen LogP contribution in [0, 0.1) is 17.8 Å². The molecule has 0 saturated carbocycles. The van der Waals surface area contributed by atoms with Crippen LogP contribution in [0.25, 0.3) is 0 Å². The number of carbonyl (C=O) groups excluding carboxylic acids is 3. The zero-order valence-electron chi connectivity index (χ0n) is 20.1. The molecule has 1 aromatic carbocycles. The number of halogens is 1. The third kappa shape index (κ3) is 3.53. The van der Waals surface area contributed by atoms with Gasteiger partial charge in [-0.15, -0.1) is 0 Å². The zero-order chi connectivity index (χ0) is 24.8. The molecule has 0 aromatic heterocycles. The van der Waals surface area contributed by atoms with E-state index in [0.717, 1.165) is 6.42 Å². The van der Waals surface area contributed by atoms with Crippen LogP contribution in [-0.2, 0) is 19.1 Å². The van der Waals surface area contributed by atoms with Crippen molar-refractivity contribution in [2.75, 3.05) is 18.5 Å². The van der Waals surface area contributed by atoms with Crippen LogP contribution in [-0.4, -0.2) is 64.2 Å². The lowest BCUT2D eigenvalue weighted by Gasteiger charge is -2.36. The Bertz CT molecular complexity index is 985. The van der Waals surface area contributed by atoms with Gasteiger partial charge in [-0.2, -0.15) is 0 Å². The summed E-state index contributed by atoms with van der Waals surface area (Å²) >= 11 is 6.28. The molecular formula is C25H34ClN3O5. The second-order valence-electron chi connectivity index (χ2n) is 9.95. The van der Waals surface area contributed by atoms with Crippen LogP contribution in [0.4, 0.5) is 5.69 Å². The van der Waals surface area contributed by atoms with Gasteiger partial charge < -0.3 is 25.4 Å². The minimum absolute atomic E-state index is 0.0429. The number of benzene rings is 1. The first kappa shape index (κ1) is 24.9. The van der Waals surface area contributed by atoms with E-state index in [0.29, 0.717) is 30.1 Å². The molecule has 186 valence electrons. The lowest BCUT2D eigenvalue weighted by atomic mass is 9.62. The molecule has 7 atom stereocenters. The van der Waals surface area contributed by atoms with E-state index < -0.39 is 41.0 Å². The molecule has 34 heavy (non-hydrogen) atoms. The van der Waals surface area contributed by atoms with E-state index in [2.05, 4.69) is 10.6 Å². The maximum absolute atomic E-state index is 14.0. The van der Waals surface area contributed by atoms with E-state index in [9.17, 15) is 19.5 Å². The van der Waals surface area contributed by atoms with Crippen molar-refractivity contribution in [3.05, 3.63) is 29.3 Å². The number of hydrogen-bond acceptors (Lipinski definition) is 5.